The van der Waals surface area contributed by atoms with E-state index in [4.69, 9.17) is 4.74 Å². The first kappa shape index (κ1) is 10.4. The average molecular weight is 208 g/mol. The van der Waals surface area contributed by atoms with Crippen LogP contribution in [0.15, 0.2) is 12.3 Å². The van der Waals surface area contributed by atoms with Crippen LogP contribution in [0.1, 0.15) is 31.9 Å². The van der Waals surface area contributed by atoms with Crippen LogP contribution in [0.2, 0.25) is 0 Å². The average Bonchev–Trinajstić information content (AvgIpc) is 2.15. The van der Waals surface area contributed by atoms with Gasteiger partial charge in [0.15, 0.2) is 0 Å². The van der Waals surface area contributed by atoms with Gasteiger partial charge in [0.2, 0.25) is 6.41 Å². The summed E-state index contributed by atoms with van der Waals surface area (Å²) in [6.45, 7) is 6.85. The van der Waals surface area contributed by atoms with Gasteiger partial charge in [0.25, 0.3) is 0 Å². The Labute approximate surface area is 89.3 Å². The normalized spacial score (nSPS) is 20.7. The van der Waals surface area contributed by atoms with E-state index in [0.29, 0.717) is 6.61 Å². The molecule has 0 amide bonds. The third-order valence-electron chi connectivity index (χ3n) is 2.51. The van der Waals surface area contributed by atoms with Gasteiger partial charge in [-0.1, -0.05) is 20.8 Å². The summed E-state index contributed by atoms with van der Waals surface area (Å²) < 4.78 is 5.14. The maximum atomic E-state index is 9.28. The largest absolute Gasteiger partial charge is 0.351 e. The zero-order valence-electron chi connectivity index (χ0n) is 9.24. The van der Waals surface area contributed by atoms with Crippen LogP contribution in [0, 0.1) is 0 Å². The van der Waals surface area contributed by atoms with Gasteiger partial charge in [0.1, 0.15) is 5.82 Å². The van der Waals surface area contributed by atoms with Gasteiger partial charge in [-0.2, -0.15) is 0 Å². The molecule has 0 radical (unpaired) electrons. The fourth-order valence-corrected chi connectivity index (χ4v) is 1.79. The summed E-state index contributed by atoms with van der Waals surface area (Å²) in [7, 11) is 0. The molecule has 0 saturated heterocycles. The van der Waals surface area contributed by atoms with Crippen LogP contribution in [0.3, 0.4) is 0 Å². The maximum absolute atomic E-state index is 9.28. The second-order valence-corrected chi connectivity index (χ2v) is 4.74. The van der Waals surface area contributed by atoms with Crippen molar-refractivity contribution in [2.45, 2.75) is 39.2 Å². The Hall–Kier alpha value is -1.13. The van der Waals surface area contributed by atoms with Gasteiger partial charge in [0.05, 0.1) is 6.61 Å². The molecule has 2 rings (SSSR count). The molecule has 15 heavy (non-hydrogen) atoms. The molecule has 0 saturated carbocycles. The highest BCUT2D eigenvalue weighted by atomic mass is 16.6. The number of nitrogens with one attached hydrogen (secondary N) is 1. The molecule has 1 aromatic rings. The Balaban J connectivity index is 2.47. The topological polar surface area (TPSA) is 54.4 Å². The zero-order valence-corrected chi connectivity index (χ0v) is 9.24. The number of rotatable bonds is 0. The van der Waals surface area contributed by atoms with Crippen molar-refractivity contribution < 1.29 is 9.84 Å². The molecule has 1 aliphatic rings. The van der Waals surface area contributed by atoms with E-state index in [1.54, 1.807) is 6.20 Å². The lowest BCUT2D eigenvalue weighted by Crippen LogP contribution is -2.30. The number of hydrogen-bond donors (Lipinski definition) is 2. The molecular weight excluding hydrogens is 192 g/mol. The first-order chi connectivity index (χ1) is 6.98. The lowest BCUT2D eigenvalue weighted by atomic mass is 9.84. The molecule has 82 valence electrons. The molecule has 0 aliphatic carbocycles. The first-order valence-electron chi connectivity index (χ1n) is 5.03. The molecule has 1 atom stereocenters. The van der Waals surface area contributed by atoms with Gasteiger partial charge in [0, 0.05) is 11.8 Å². The lowest BCUT2D eigenvalue weighted by molar-refractivity contribution is -0.0938. The number of anilines is 1. The van der Waals surface area contributed by atoms with E-state index in [-0.39, 0.29) is 5.41 Å². The van der Waals surface area contributed by atoms with E-state index in [1.807, 2.05) is 6.07 Å². The molecule has 1 aromatic heterocycles. The summed E-state index contributed by atoms with van der Waals surface area (Å²) in [5.74, 6) is 0.723. The Morgan fingerprint density at radius 3 is 2.93 bits per heavy atom. The standard InChI is InChI=1S/C11H16N2O2/c1-11(2,3)8-4-5-12-9-7(8)6-15-10(14)13-9/h4-5,10,14H,6H2,1-3H3,(H,12,13). The maximum Gasteiger partial charge on any atom is 0.236 e. The summed E-state index contributed by atoms with van der Waals surface area (Å²) in [5.41, 5.74) is 2.29. The number of pyridine rings is 1. The van der Waals surface area contributed by atoms with E-state index >= 15 is 0 Å². The van der Waals surface area contributed by atoms with Crippen molar-refractivity contribution in [3.63, 3.8) is 0 Å². The van der Waals surface area contributed by atoms with E-state index in [2.05, 4.69) is 31.1 Å². The summed E-state index contributed by atoms with van der Waals surface area (Å²) in [4.78, 5) is 4.19. The van der Waals surface area contributed by atoms with Crippen LogP contribution in [0.5, 0.6) is 0 Å². The summed E-state index contributed by atoms with van der Waals surface area (Å²) in [6, 6.07) is 2.00. The number of ether oxygens (including phenoxy) is 1. The van der Waals surface area contributed by atoms with E-state index in [1.165, 1.54) is 5.56 Å². The number of aliphatic hydroxyl groups excluding tert-OH is 1. The summed E-state index contributed by atoms with van der Waals surface area (Å²) in [5, 5.41) is 12.1. The molecule has 0 aromatic carbocycles. The smallest absolute Gasteiger partial charge is 0.236 e. The van der Waals surface area contributed by atoms with Crippen molar-refractivity contribution in [3.8, 4) is 0 Å². The lowest BCUT2D eigenvalue weighted by Gasteiger charge is -2.29. The molecule has 2 N–H and O–H groups in total. The highest BCUT2D eigenvalue weighted by molar-refractivity contribution is 5.51. The van der Waals surface area contributed by atoms with Crippen LogP contribution in [0.25, 0.3) is 0 Å². The monoisotopic (exact) mass is 208 g/mol. The number of aliphatic hydroxyl groups is 1. The minimum Gasteiger partial charge on any atom is -0.351 e. The van der Waals surface area contributed by atoms with E-state index < -0.39 is 6.41 Å². The molecule has 0 spiro atoms. The van der Waals surface area contributed by atoms with E-state index in [0.717, 1.165) is 11.4 Å². The van der Waals surface area contributed by atoms with Gasteiger partial charge in [-0.15, -0.1) is 0 Å². The summed E-state index contributed by atoms with van der Waals surface area (Å²) >= 11 is 0. The third-order valence-corrected chi connectivity index (χ3v) is 2.51. The Bertz CT molecular complexity index is 371. The van der Waals surface area contributed by atoms with Gasteiger partial charge in [-0.05, 0) is 17.0 Å². The van der Waals surface area contributed by atoms with Crippen LogP contribution in [0.4, 0.5) is 5.82 Å². The molecule has 2 heterocycles. The van der Waals surface area contributed by atoms with Crippen molar-refractivity contribution in [2.24, 2.45) is 0 Å². The number of nitrogens with zero attached hydrogens (tertiary/aromatic N) is 1. The fourth-order valence-electron chi connectivity index (χ4n) is 1.79. The van der Waals surface area contributed by atoms with Crippen molar-refractivity contribution in [1.29, 1.82) is 0 Å². The Morgan fingerprint density at radius 2 is 2.27 bits per heavy atom. The molecule has 0 fully saturated rings. The third kappa shape index (κ3) is 1.96. The van der Waals surface area contributed by atoms with E-state index in [9.17, 15) is 5.11 Å². The highest BCUT2D eigenvalue weighted by Crippen LogP contribution is 2.31. The molecule has 1 aliphatic heterocycles. The van der Waals surface area contributed by atoms with Crippen molar-refractivity contribution >= 4 is 5.82 Å². The predicted molar refractivity (Wildman–Crippen MR) is 57.4 cm³/mol. The first-order valence-corrected chi connectivity index (χ1v) is 5.03. The number of aromatic nitrogens is 1. The van der Waals surface area contributed by atoms with Gasteiger partial charge >= 0.3 is 0 Å². The quantitative estimate of drug-likeness (QED) is 0.680. The second-order valence-electron chi connectivity index (χ2n) is 4.74. The van der Waals surface area contributed by atoms with Crippen LogP contribution < -0.4 is 5.32 Å². The van der Waals surface area contributed by atoms with Crippen molar-refractivity contribution in [1.82, 2.24) is 4.98 Å². The number of fused-ring (bicyclic) bond motifs is 1. The SMILES string of the molecule is CC(C)(C)c1ccnc2c1COC(O)N2. The van der Waals surface area contributed by atoms with Crippen molar-refractivity contribution in [3.05, 3.63) is 23.4 Å². The minimum atomic E-state index is -0.944. The highest BCUT2D eigenvalue weighted by Gasteiger charge is 2.25. The Kier molecular flexibility index (Phi) is 2.40. The van der Waals surface area contributed by atoms with Crippen molar-refractivity contribution in [2.75, 3.05) is 5.32 Å². The molecule has 0 bridgehead atoms. The molecular formula is C11H16N2O2. The van der Waals surface area contributed by atoms with Gasteiger partial charge in [-0.3, -0.25) is 0 Å². The van der Waals surface area contributed by atoms with Gasteiger partial charge < -0.3 is 15.2 Å². The Morgan fingerprint density at radius 1 is 1.53 bits per heavy atom. The fraction of sp³-hybridized carbons (Fsp3) is 0.545. The molecule has 1 unspecified atom stereocenters. The predicted octanol–water partition coefficient (Wildman–Crippen LogP) is 1.60. The van der Waals surface area contributed by atoms with Crippen LogP contribution in [-0.4, -0.2) is 16.5 Å². The minimum absolute atomic E-state index is 0.0559. The van der Waals surface area contributed by atoms with Gasteiger partial charge in [-0.25, -0.2) is 4.98 Å². The molecule has 4 nitrogen and oxygen atoms in total. The van der Waals surface area contributed by atoms with Crippen LogP contribution >= 0.6 is 0 Å². The van der Waals surface area contributed by atoms with Crippen LogP contribution in [-0.2, 0) is 16.8 Å². The molecule has 4 heteroatoms. The second kappa shape index (κ2) is 3.47. The number of hydrogen-bond acceptors (Lipinski definition) is 4. The zero-order chi connectivity index (χ0) is 11.1. The summed E-state index contributed by atoms with van der Waals surface area (Å²) in [6.07, 6.45) is 0.810.